The standard InChI is InChI=1S/C20H13Cl4F6N3S/c21-11-3-1-10(2-4-11)7-33(9-19(25,26)27)8-15-17(20(28,29)30)32-18(34-15)31-16-13(23)5-12(22)6-14(16)24/h1-6H,7-9H2,(H,31,32). The summed E-state index contributed by atoms with van der Waals surface area (Å²) in [6.07, 6.45) is -9.54. The third-order valence-corrected chi connectivity index (χ3v) is 6.32. The topological polar surface area (TPSA) is 28.2 Å². The third-order valence-electron chi connectivity index (χ3n) is 4.29. The number of nitrogens with zero attached hydrogens (tertiary/aromatic N) is 2. The van der Waals surface area contributed by atoms with Gasteiger partial charge in [-0.3, -0.25) is 4.90 Å². The van der Waals surface area contributed by atoms with E-state index in [-0.39, 0.29) is 32.4 Å². The van der Waals surface area contributed by atoms with Gasteiger partial charge in [0.25, 0.3) is 0 Å². The molecule has 1 heterocycles. The molecule has 1 aromatic heterocycles. The fourth-order valence-electron chi connectivity index (χ4n) is 2.97. The molecule has 14 heteroatoms. The van der Waals surface area contributed by atoms with Crippen molar-refractivity contribution in [2.45, 2.75) is 25.4 Å². The van der Waals surface area contributed by atoms with Gasteiger partial charge in [-0.05, 0) is 29.8 Å². The molecule has 0 atom stereocenters. The van der Waals surface area contributed by atoms with Gasteiger partial charge in [0, 0.05) is 23.1 Å². The average Bonchev–Trinajstić information content (AvgIpc) is 3.08. The number of aromatic nitrogens is 1. The van der Waals surface area contributed by atoms with Crippen LogP contribution in [0.4, 0.5) is 37.2 Å². The summed E-state index contributed by atoms with van der Waals surface area (Å²) in [6.45, 7) is -2.34. The number of thiazole rings is 1. The number of anilines is 2. The van der Waals surface area contributed by atoms with Crippen LogP contribution in [0.15, 0.2) is 36.4 Å². The first-order chi connectivity index (χ1) is 15.7. The lowest BCUT2D eigenvalue weighted by atomic mass is 10.2. The van der Waals surface area contributed by atoms with Crippen LogP contribution < -0.4 is 5.32 Å². The van der Waals surface area contributed by atoms with Crippen molar-refractivity contribution < 1.29 is 26.3 Å². The molecule has 184 valence electrons. The first-order valence-electron chi connectivity index (χ1n) is 9.23. The summed E-state index contributed by atoms with van der Waals surface area (Å²) in [5.41, 5.74) is -0.788. The lowest BCUT2D eigenvalue weighted by Gasteiger charge is -2.23. The Morgan fingerprint density at radius 2 is 1.44 bits per heavy atom. The van der Waals surface area contributed by atoms with Crippen molar-refractivity contribution in [3.8, 4) is 0 Å². The molecule has 3 nitrogen and oxygen atoms in total. The maximum Gasteiger partial charge on any atom is 0.434 e. The van der Waals surface area contributed by atoms with E-state index in [0.29, 0.717) is 21.9 Å². The van der Waals surface area contributed by atoms with Crippen molar-refractivity contribution >= 4 is 68.6 Å². The Hall–Kier alpha value is -1.43. The van der Waals surface area contributed by atoms with Crippen molar-refractivity contribution in [3.63, 3.8) is 0 Å². The van der Waals surface area contributed by atoms with Crippen LogP contribution in [0.3, 0.4) is 0 Å². The highest BCUT2D eigenvalue weighted by Crippen LogP contribution is 2.41. The molecule has 3 aromatic rings. The quantitative estimate of drug-likeness (QED) is 0.282. The summed E-state index contributed by atoms with van der Waals surface area (Å²) >= 11 is 24.3. The largest absolute Gasteiger partial charge is 0.434 e. The molecule has 0 aliphatic rings. The van der Waals surface area contributed by atoms with Gasteiger partial charge in [0.1, 0.15) is 0 Å². The smallest absolute Gasteiger partial charge is 0.329 e. The van der Waals surface area contributed by atoms with Crippen LogP contribution in [0.1, 0.15) is 16.1 Å². The zero-order chi connectivity index (χ0) is 25.3. The molecule has 0 bridgehead atoms. The molecule has 0 aliphatic carbocycles. The van der Waals surface area contributed by atoms with Gasteiger partial charge in [0.2, 0.25) is 0 Å². The Morgan fingerprint density at radius 1 is 0.853 bits per heavy atom. The Balaban J connectivity index is 1.93. The van der Waals surface area contributed by atoms with Gasteiger partial charge >= 0.3 is 12.4 Å². The summed E-state index contributed by atoms with van der Waals surface area (Å²) in [5.74, 6) is 0. The predicted octanol–water partition coefficient (Wildman–Crippen LogP) is 9.08. The fourth-order valence-corrected chi connectivity index (χ4v) is 5.04. The fraction of sp³-hybridized carbons (Fsp3) is 0.250. The lowest BCUT2D eigenvalue weighted by molar-refractivity contribution is -0.149. The van der Waals surface area contributed by atoms with E-state index in [9.17, 15) is 26.3 Å². The highest BCUT2D eigenvalue weighted by atomic mass is 35.5. The minimum Gasteiger partial charge on any atom is -0.329 e. The van der Waals surface area contributed by atoms with Gasteiger partial charge in [0.05, 0.1) is 27.2 Å². The van der Waals surface area contributed by atoms with Gasteiger partial charge in [-0.25, -0.2) is 4.98 Å². The van der Waals surface area contributed by atoms with Gasteiger partial charge in [-0.1, -0.05) is 69.9 Å². The van der Waals surface area contributed by atoms with Crippen molar-refractivity contribution in [1.82, 2.24) is 9.88 Å². The second-order valence-electron chi connectivity index (χ2n) is 7.04. The number of benzene rings is 2. The van der Waals surface area contributed by atoms with Crippen molar-refractivity contribution in [1.29, 1.82) is 0 Å². The van der Waals surface area contributed by atoms with Crippen LogP contribution in [0, 0.1) is 0 Å². The monoisotopic (exact) mass is 581 g/mol. The summed E-state index contributed by atoms with van der Waals surface area (Å²) in [7, 11) is 0. The van der Waals surface area contributed by atoms with E-state index in [1.807, 2.05) is 0 Å². The van der Waals surface area contributed by atoms with Crippen molar-refractivity contribution in [3.05, 3.63) is 72.6 Å². The maximum absolute atomic E-state index is 13.7. The zero-order valence-corrected chi connectivity index (χ0v) is 20.5. The van der Waals surface area contributed by atoms with Crippen LogP contribution in [0.5, 0.6) is 0 Å². The minimum absolute atomic E-state index is 0.0317. The molecule has 2 aromatic carbocycles. The SMILES string of the molecule is FC(F)(F)CN(Cc1ccc(Cl)cc1)Cc1sc(Nc2c(Cl)cc(Cl)cc2Cl)nc1C(F)(F)F. The summed E-state index contributed by atoms with van der Waals surface area (Å²) in [4.78, 5) is 3.99. The van der Waals surface area contributed by atoms with Crippen LogP contribution in [0.2, 0.25) is 20.1 Å². The van der Waals surface area contributed by atoms with E-state index in [1.165, 1.54) is 36.4 Å². The molecule has 3 rings (SSSR count). The molecule has 0 aliphatic heterocycles. The molecule has 1 N–H and O–H groups in total. The second-order valence-corrected chi connectivity index (χ2v) is 9.82. The molecule has 0 unspecified atom stereocenters. The molecular formula is C20H13Cl4F6N3S. The first kappa shape index (κ1) is 27.2. The summed E-state index contributed by atoms with van der Waals surface area (Å²) in [5, 5.41) is 3.01. The van der Waals surface area contributed by atoms with E-state index >= 15 is 0 Å². The van der Waals surface area contributed by atoms with Gasteiger partial charge in [-0.2, -0.15) is 26.3 Å². The Bertz CT molecular complexity index is 1130. The van der Waals surface area contributed by atoms with Gasteiger partial charge in [-0.15, -0.1) is 0 Å². The van der Waals surface area contributed by atoms with Gasteiger partial charge < -0.3 is 5.32 Å². The molecule has 0 saturated heterocycles. The highest BCUT2D eigenvalue weighted by molar-refractivity contribution is 7.15. The van der Waals surface area contributed by atoms with Crippen LogP contribution >= 0.6 is 57.7 Å². The third kappa shape index (κ3) is 7.53. The Morgan fingerprint density at radius 3 is 1.97 bits per heavy atom. The average molecular weight is 583 g/mol. The first-order valence-corrected chi connectivity index (χ1v) is 11.6. The summed E-state index contributed by atoms with van der Waals surface area (Å²) < 4.78 is 80.5. The molecule has 0 fully saturated rings. The summed E-state index contributed by atoms with van der Waals surface area (Å²) in [6, 6.07) is 8.62. The number of alkyl halides is 6. The number of nitrogens with one attached hydrogen (secondary N) is 1. The Labute approximate surface area is 214 Å². The van der Waals surface area contributed by atoms with E-state index in [2.05, 4.69) is 10.3 Å². The number of rotatable bonds is 7. The van der Waals surface area contributed by atoms with Crippen molar-refractivity contribution in [2.75, 3.05) is 11.9 Å². The number of halogens is 10. The van der Waals surface area contributed by atoms with E-state index in [0.717, 1.165) is 4.90 Å². The predicted molar refractivity (Wildman–Crippen MR) is 123 cm³/mol. The minimum atomic E-state index is -4.90. The normalized spacial score (nSPS) is 12.4. The van der Waals surface area contributed by atoms with Gasteiger partial charge in [0.15, 0.2) is 10.8 Å². The van der Waals surface area contributed by atoms with Crippen LogP contribution in [-0.2, 0) is 19.3 Å². The van der Waals surface area contributed by atoms with Crippen LogP contribution in [-0.4, -0.2) is 22.6 Å². The maximum atomic E-state index is 13.7. The number of hydrogen-bond acceptors (Lipinski definition) is 4. The highest BCUT2D eigenvalue weighted by Gasteiger charge is 2.39. The Kier molecular flexibility index (Phi) is 8.53. The zero-order valence-electron chi connectivity index (χ0n) is 16.7. The lowest BCUT2D eigenvalue weighted by Crippen LogP contribution is -2.33. The van der Waals surface area contributed by atoms with E-state index in [4.69, 9.17) is 46.4 Å². The molecule has 0 spiro atoms. The second kappa shape index (κ2) is 10.7. The van der Waals surface area contributed by atoms with Crippen molar-refractivity contribution in [2.24, 2.45) is 0 Å². The van der Waals surface area contributed by atoms with E-state index < -0.39 is 36.0 Å². The molecular weight excluding hydrogens is 570 g/mol. The molecule has 0 radical (unpaired) electrons. The van der Waals surface area contributed by atoms with Crippen LogP contribution in [0.25, 0.3) is 0 Å². The number of hydrogen-bond donors (Lipinski definition) is 1. The molecule has 34 heavy (non-hydrogen) atoms. The van der Waals surface area contributed by atoms with E-state index in [1.54, 1.807) is 0 Å². The molecule has 0 saturated carbocycles. The molecule has 0 amide bonds.